The highest BCUT2D eigenvalue weighted by atomic mass is 32.2. The number of alkyl halides is 3. The van der Waals surface area contributed by atoms with E-state index in [1.807, 2.05) is 0 Å². The van der Waals surface area contributed by atoms with Crippen LogP contribution < -0.4 is 4.72 Å². The van der Waals surface area contributed by atoms with E-state index in [1.165, 1.54) is 23.7 Å². The molecule has 2 amide bonds. The summed E-state index contributed by atoms with van der Waals surface area (Å²) in [7, 11) is -1.87. The van der Waals surface area contributed by atoms with Gasteiger partial charge in [-0.25, -0.2) is 8.42 Å². The van der Waals surface area contributed by atoms with Gasteiger partial charge in [-0.05, 0) is 12.8 Å². The molecule has 7 nitrogen and oxygen atoms in total. The molecule has 11 heteroatoms. The Labute approximate surface area is 119 Å². The van der Waals surface area contributed by atoms with Crippen molar-refractivity contribution in [2.24, 2.45) is 0 Å². The Kier molecular flexibility index (Phi) is 5.20. The molecule has 0 aromatic heterocycles. The molecule has 1 fully saturated rings. The number of nitrogens with zero attached hydrogens (tertiary/aromatic N) is 1. The van der Waals surface area contributed by atoms with Crippen LogP contribution in [0.2, 0.25) is 0 Å². The number of amides is 2. The van der Waals surface area contributed by atoms with Crippen LogP contribution in [0.25, 0.3) is 0 Å². The van der Waals surface area contributed by atoms with Gasteiger partial charge in [0.05, 0.1) is 0 Å². The van der Waals surface area contributed by atoms with Gasteiger partial charge in [0.1, 0.15) is 12.2 Å². The highest BCUT2D eigenvalue weighted by Crippen LogP contribution is 2.22. The number of ether oxygens (including phenoxy) is 1. The maximum absolute atomic E-state index is 12.0. The monoisotopic (exact) mass is 332 g/mol. The normalized spacial score (nSPS) is 22.9. The van der Waals surface area contributed by atoms with Crippen LogP contribution in [0.4, 0.5) is 13.2 Å². The van der Waals surface area contributed by atoms with Gasteiger partial charge in [0, 0.05) is 14.1 Å². The smallest absolute Gasteiger partial charge is 0.355 e. The second-order valence-corrected chi connectivity index (χ2v) is 6.49. The van der Waals surface area contributed by atoms with Crippen molar-refractivity contribution in [2.75, 3.05) is 19.8 Å². The van der Waals surface area contributed by atoms with Crippen LogP contribution in [0.1, 0.15) is 12.8 Å². The molecule has 122 valence electrons. The highest BCUT2D eigenvalue weighted by Gasteiger charge is 2.40. The van der Waals surface area contributed by atoms with E-state index in [0.29, 0.717) is 0 Å². The number of likely N-dealkylation sites (N-methyl/N-ethyl adjacent to an activating group) is 1. The number of carbonyl (C=O) groups is 2. The van der Waals surface area contributed by atoms with Gasteiger partial charge in [-0.3, -0.25) is 14.3 Å². The highest BCUT2D eigenvalue weighted by molar-refractivity contribution is 7.90. The first-order valence-corrected chi connectivity index (χ1v) is 7.54. The minimum atomic E-state index is -4.95. The Morgan fingerprint density at radius 1 is 1.24 bits per heavy atom. The van der Waals surface area contributed by atoms with E-state index in [4.69, 9.17) is 4.74 Å². The summed E-state index contributed by atoms with van der Waals surface area (Å²) in [5.41, 5.74) is 0. The number of hydrogen-bond donors (Lipinski definition) is 1. The molecule has 1 N–H and O–H groups in total. The second-order valence-electron chi connectivity index (χ2n) is 4.76. The number of carbonyl (C=O) groups excluding carboxylic acids is 2. The quantitative estimate of drug-likeness (QED) is 0.758. The van der Waals surface area contributed by atoms with Crippen molar-refractivity contribution >= 4 is 21.8 Å². The predicted octanol–water partition coefficient (Wildman–Crippen LogP) is -0.370. The predicted molar refractivity (Wildman–Crippen MR) is 64.6 cm³/mol. The van der Waals surface area contributed by atoms with Crippen molar-refractivity contribution in [3.63, 3.8) is 0 Å². The Morgan fingerprint density at radius 2 is 1.76 bits per heavy atom. The first kappa shape index (κ1) is 17.7. The summed E-state index contributed by atoms with van der Waals surface area (Å²) in [5.74, 6) is -3.75. The fourth-order valence-electron chi connectivity index (χ4n) is 1.77. The van der Waals surface area contributed by atoms with Gasteiger partial charge in [0.2, 0.25) is 10.0 Å². The Morgan fingerprint density at radius 3 is 2.24 bits per heavy atom. The molecule has 0 radical (unpaired) electrons. The first-order chi connectivity index (χ1) is 9.41. The van der Waals surface area contributed by atoms with Gasteiger partial charge < -0.3 is 9.64 Å². The minimum Gasteiger partial charge on any atom is -0.355 e. The Hall–Kier alpha value is -1.36. The van der Waals surface area contributed by atoms with Crippen molar-refractivity contribution in [3.05, 3.63) is 0 Å². The van der Waals surface area contributed by atoms with Crippen LogP contribution in [0.5, 0.6) is 0 Å². The summed E-state index contributed by atoms with van der Waals surface area (Å²) < 4.78 is 64.8. The molecule has 21 heavy (non-hydrogen) atoms. The molecule has 0 unspecified atom stereocenters. The topological polar surface area (TPSA) is 92.8 Å². The number of hydrogen-bond acceptors (Lipinski definition) is 5. The second kappa shape index (κ2) is 6.18. The van der Waals surface area contributed by atoms with Gasteiger partial charge >= 0.3 is 6.18 Å². The zero-order valence-corrected chi connectivity index (χ0v) is 12.1. The SMILES string of the molecule is CN(C)C(=O)[C@H]1CC[C@@H](C(=O)NS(=O)(=O)CC(F)(F)F)O1. The fraction of sp³-hybridized carbons (Fsp3) is 0.800. The van der Waals surface area contributed by atoms with E-state index in [-0.39, 0.29) is 12.8 Å². The number of rotatable bonds is 4. The van der Waals surface area contributed by atoms with Gasteiger partial charge in [-0.15, -0.1) is 0 Å². The van der Waals surface area contributed by atoms with Crippen molar-refractivity contribution < 1.29 is 35.9 Å². The third-order valence-electron chi connectivity index (χ3n) is 2.64. The molecule has 0 spiro atoms. The molecule has 0 bridgehead atoms. The van der Waals surface area contributed by atoms with Gasteiger partial charge in [0.15, 0.2) is 5.75 Å². The lowest BCUT2D eigenvalue weighted by atomic mass is 10.2. The largest absolute Gasteiger partial charge is 0.404 e. The third kappa shape index (κ3) is 5.50. The molecule has 1 aliphatic rings. The van der Waals surface area contributed by atoms with E-state index in [2.05, 4.69) is 0 Å². The van der Waals surface area contributed by atoms with Crippen molar-refractivity contribution in [3.8, 4) is 0 Å². The van der Waals surface area contributed by atoms with E-state index in [1.54, 1.807) is 0 Å². The lowest BCUT2D eigenvalue weighted by Gasteiger charge is -2.17. The zero-order chi connectivity index (χ0) is 16.4. The molecule has 0 aromatic rings. The lowest BCUT2D eigenvalue weighted by molar-refractivity contribution is -0.143. The number of halogens is 3. The van der Waals surface area contributed by atoms with Crippen LogP contribution in [0.15, 0.2) is 0 Å². The molecule has 1 aliphatic heterocycles. The van der Waals surface area contributed by atoms with Crippen molar-refractivity contribution in [1.82, 2.24) is 9.62 Å². The van der Waals surface area contributed by atoms with Crippen LogP contribution >= 0.6 is 0 Å². The minimum absolute atomic E-state index is 0.0532. The summed E-state index contributed by atoms with van der Waals surface area (Å²) in [6, 6.07) is 0. The Bertz CT molecular complexity index is 517. The summed E-state index contributed by atoms with van der Waals surface area (Å²) in [6.45, 7) is 0. The van der Waals surface area contributed by atoms with Gasteiger partial charge in [-0.1, -0.05) is 0 Å². The maximum atomic E-state index is 12.0. The van der Waals surface area contributed by atoms with Crippen LogP contribution in [0.3, 0.4) is 0 Å². The average Bonchev–Trinajstić information content (AvgIpc) is 2.72. The zero-order valence-electron chi connectivity index (χ0n) is 11.3. The van der Waals surface area contributed by atoms with Gasteiger partial charge in [-0.2, -0.15) is 13.2 Å². The first-order valence-electron chi connectivity index (χ1n) is 5.89. The standard InChI is InChI=1S/C10H15F3N2O5S/c1-15(2)9(17)7-4-3-6(20-7)8(16)14-21(18,19)5-10(11,12)13/h6-7H,3-5H2,1-2H3,(H,14,16)/t6-,7+/m0/s1. The summed E-state index contributed by atoms with van der Waals surface area (Å²) in [5, 5.41) is 0. The Balaban J connectivity index is 2.61. The summed E-state index contributed by atoms with van der Waals surface area (Å²) in [4.78, 5) is 24.4. The fourth-order valence-corrected chi connectivity index (χ4v) is 2.71. The summed E-state index contributed by atoms with van der Waals surface area (Å²) in [6.07, 6.45) is -6.87. The van der Waals surface area contributed by atoms with E-state index in [9.17, 15) is 31.2 Å². The molecule has 0 saturated carbocycles. The molecule has 1 rings (SSSR count). The lowest BCUT2D eigenvalue weighted by Crippen LogP contribution is -2.43. The van der Waals surface area contributed by atoms with Crippen LogP contribution in [-0.4, -0.2) is 63.4 Å². The summed E-state index contributed by atoms with van der Waals surface area (Å²) >= 11 is 0. The molecule has 0 aromatic carbocycles. The molecule has 2 atom stereocenters. The third-order valence-corrected chi connectivity index (χ3v) is 3.86. The van der Waals surface area contributed by atoms with Gasteiger partial charge in [0.25, 0.3) is 11.8 Å². The van der Waals surface area contributed by atoms with Crippen molar-refractivity contribution in [1.29, 1.82) is 0 Å². The number of nitrogens with one attached hydrogen (secondary N) is 1. The molecule has 1 heterocycles. The number of sulfonamides is 1. The van der Waals surface area contributed by atoms with Crippen molar-refractivity contribution in [2.45, 2.75) is 31.2 Å². The molecular formula is C10H15F3N2O5S. The molecule has 1 saturated heterocycles. The van der Waals surface area contributed by atoms with E-state index < -0.39 is 46.0 Å². The van der Waals surface area contributed by atoms with E-state index in [0.717, 1.165) is 0 Å². The average molecular weight is 332 g/mol. The van der Waals surface area contributed by atoms with Crippen LogP contribution in [0, 0.1) is 0 Å². The molecular weight excluding hydrogens is 317 g/mol. The van der Waals surface area contributed by atoms with Crippen LogP contribution in [-0.2, 0) is 24.3 Å². The molecule has 0 aliphatic carbocycles. The van der Waals surface area contributed by atoms with E-state index >= 15 is 0 Å². The maximum Gasteiger partial charge on any atom is 0.404 e.